The van der Waals surface area contributed by atoms with Crippen LogP contribution < -0.4 is 5.14 Å². The lowest BCUT2D eigenvalue weighted by Crippen LogP contribution is -2.14. The number of hydrogen-bond donors (Lipinski definition) is 1. The van der Waals surface area contributed by atoms with E-state index in [1.165, 1.54) is 12.1 Å². The minimum atomic E-state index is -3.86. The summed E-state index contributed by atoms with van der Waals surface area (Å²) in [5.74, 6) is -0.682. The summed E-state index contributed by atoms with van der Waals surface area (Å²) in [5.41, 5.74) is -0.0185. The first-order chi connectivity index (χ1) is 7.36. The van der Waals surface area contributed by atoms with Crippen LogP contribution in [-0.4, -0.2) is 21.0 Å². The first-order valence-corrected chi connectivity index (χ1v) is 6.28. The van der Waals surface area contributed by atoms with Gasteiger partial charge in [0.25, 0.3) is 0 Å². The second-order valence-electron chi connectivity index (χ2n) is 2.91. The Bertz CT molecular complexity index is 512. The predicted octanol–water partition coefficient (Wildman–Crippen LogP) is 1.16. The zero-order valence-electron chi connectivity index (χ0n) is 8.44. The summed E-state index contributed by atoms with van der Waals surface area (Å²) >= 11 is 5.74. The van der Waals surface area contributed by atoms with Crippen LogP contribution in [0.4, 0.5) is 0 Å². The molecule has 0 bridgehead atoms. The highest BCUT2D eigenvalue weighted by atomic mass is 35.5. The van der Waals surface area contributed by atoms with Crippen molar-refractivity contribution < 1.29 is 17.9 Å². The van der Waals surface area contributed by atoms with Gasteiger partial charge in [-0.1, -0.05) is 11.6 Å². The van der Waals surface area contributed by atoms with Gasteiger partial charge in [0.15, 0.2) is 0 Å². The standard InChI is InChI=1S/C9H10ClNO4S/c1-2-15-9(12)7-5-6(16(11,13)14)3-4-8(7)10/h3-5H,2H2,1H3,(H2,11,13,14). The van der Waals surface area contributed by atoms with E-state index in [1.807, 2.05) is 0 Å². The van der Waals surface area contributed by atoms with Gasteiger partial charge in [0, 0.05) is 0 Å². The number of halogens is 1. The van der Waals surface area contributed by atoms with Crippen molar-refractivity contribution in [3.8, 4) is 0 Å². The molecule has 88 valence electrons. The number of ether oxygens (including phenoxy) is 1. The van der Waals surface area contributed by atoms with Crippen molar-refractivity contribution in [1.82, 2.24) is 0 Å². The molecule has 16 heavy (non-hydrogen) atoms. The van der Waals surface area contributed by atoms with E-state index in [9.17, 15) is 13.2 Å². The molecule has 1 aromatic carbocycles. The van der Waals surface area contributed by atoms with E-state index in [-0.39, 0.29) is 22.1 Å². The van der Waals surface area contributed by atoms with Gasteiger partial charge < -0.3 is 4.74 Å². The highest BCUT2D eigenvalue weighted by Gasteiger charge is 2.16. The van der Waals surface area contributed by atoms with Crippen LogP contribution in [0.2, 0.25) is 5.02 Å². The molecule has 0 radical (unpaired) electrons. The molecule has 7 heteroatoms. The maximum absolute atomic E-state index is 11.4. The van der Waals surface area contributed by atoms with E-state index in [1.54, 1.807) is 6.92 Å². The average molecular weight is 264 g/mol. The lowest BCUT2D eigenvalue weighted by Gasteiger charge is -2.05. The smallest absolute Gasteiger partial charge is 0.339 e. The van der Waals surface area contributed by atoms with E-state index in [0.29, 0.717) is 0 Å². The zero-order chi connectivity index (χ0) is 12.3. The number of hydrogen-bond acceptors (Lipinski definition) is 4. The molecule has 0 atom stereocenters. The van der Waals surface area contributed by atoms with Gasteiger partial charge in [0.05, 0.1) is 22.1 Å². The molecule has 2 N–H and O–H groups in total. The molecule has 0 heterocycles. The Morgan fingerprint density at radius 1 is 1.50 bits per heavy atom. The Hall–Kier alpha value is -1.11. The zero-order valence-corrected chi connectivity index (χ0v) is 10.0. The molecule has 0 amide bonds. The second-order valence-corrected chi connectivity index (χ2v) is 4.88. The predicted molar refractivity (Wildman–Crippen MR) is 58.8 cm³/mol. The first kappa shape index (κ1) is 13.0. The Balaban J connectivity index is 3.24. The van der Waals surface area contributed by atoms with Crippen LogP contribution in [0.1, 0.15) is 17.3 Å². The number of benzene rings is 1. The molecular weight excluding hydrogens is 254 g/mol. The topological polar surface area (TPSA) is 86.5 Å². The molecule has 0 saturated heterocycles. The number of carbonyl (C=O) groups excluding carboxylic acids is 1. The molecule has 0 saturated carbocycles. The maximum atomic E-state index is 11.4. The van der Waals surface area contributed by atoms with Crippen molar-refractivity contribution in [2.45, 2.75) is 11.8 Å². The van der Waals surface area contributed by atoms with Gasteiger partial charge in [0.2, 0.25) is 10.0 Å². The summed E-state index contributed by atoms with van der Waals surface area (Å²) in [6.45, 7) is 1.81. The third-order valence-corrected chi connectivity index (χ3v) is 3.00. The normalized spacial score (nSPS) is 11.2. The van der Waals surface area contributed by atoms with Gasteiger partial charge in [-0.2, -0.15) is 0 Å². The molecule has 0 unspecified atom stereocenters. The Morgan fingerprint density at radius 3 is 2.62 bits per heavy atom. The largest absolute Gasteiger partial charge is 0.462 e. The van der Waals surface area contributed by atoms with Gasteiger partial charge in [-0.15, -0.1) is 0 Å². The van der Waals surface area contributed by atoms with Crippen LogP contribution in [0.5, 0.6) is 0 Å². The SMILES string of the molecule is CCOC(=O)c1cc(S(N)(=O)=O)ccc1Cl. The van der Waals surface area contributed by atoms with E-state index in [4.69, 9.17) is 21.5 Å². The fraction of sp³-hybridized carbons (Fsp3) is 0.222. The van der Waals surface area contributed by atoms with Gasteiger partial charge >= 0.3 is 5.97 Å². The summed E-state index contributed by atoms with van der Waals surface area (Å²) in [7, 11) is -3.86. The summed E-state index contributed by atoms with van der Waals surface area (Å²) in [4.78, 5) is 11.2. The van der Waals surface area contributed by atoms with Crippen molar-refractivity contribution in [2.24, 2.45) is 5.14 Å². The third-order valence-electron chi connectivity index (χ3n) is 1.76. The summed E-state index contributed by atoms with van der Waals surface area (Å²) in [6.07, 6.45) is 0. The third kappa shape index (κ3) is 2.94. The van der Waals surface area contributed by atoms with Gasteiger partial charge in [-0.3, -0.25) is 0 Å². The van der Waals surface area contributed by atoms with Crippen molar-refractivity contribution in [3.05, 3.63) is 28.8 Å². The molecule has 5 nitrogen and oxygen atoms in total. The minimum absolute atomic E-state index is 0.0185. The van der Waals surface area contributed by atoms with E-state index in [2.05, 4.69) is 0 Å². The number of esters is 1. The molecule has 0 spiro atoms. The van der Waals surface area contributed by atoms with Crippen molar-refractivity contribution >= 4 is 27.6 Å². The fourth-order valence-electron chi connectivity index (χ4n) is 1.05. The van der Waals surface area contributed by atoms with E-state index >= 15 is 0 Å². The van der Waals surface area contributed by atoms with Crippen LogP contribution in [0, 0.1) is 0 Å². The number of sulfonamides is 1. The lowest BCUT2D eigenvalue weighted by atomic mass is 10.2. The number of nitrogens with two attached hydrogens (primary N) is 1. The molecule has 0 aliphatic carbocycles. The Labute approximate surface area is 98.2 Å². The van der Waals surface area contributed by atoms with E-state index < -0.39 is 16.0 Å². The maximum Gasteiger partial charge on any atom is 0.339 e. The van der Waals surface area contributed by atoms with Crippen molar-refractivity contribution in [3.63, 3.8) is 0 Å². The van der Waals surface area contributed by atoms with Crippen LogP contribution in [0.3, 0.4) is 0 Å². The molecule has 0 aliphatic rings. The van der Waals surface area contributed by atoms with Gasteiger partial charge in [-0.25, -0.2) is 18.4 Å². The van der Waals surface area contributed by atoms with Gasteiger partial charge in [0.1, 0.15) is 0 Å². The van der Waals surface area contributed by atoms with Crippen molar-refractivity contribution in [2.75, 3.05) is 6.61 Å². The quantitative estimate of drug-likeness (QED) is 0.829. The number of rotatable bonds is 3. The summed E-state index contributed by atoms with van der Waals surface area (Å²) in [5, 5.41) is 5.04. The fourth-order valence-corrected chi connectivity index (χ4v) is 1.78. The molecule has 1 aromatic rings. The first-order valence-electron chi connectivity index (χ1n) is 4.35. The second kappa shape index (κ2) is 4.82. The van der Waals surface area contributed by atoms with Crippen LogP contribution in [0.15, 0.2) is 23.1 Å². The minimum Gasteiger partial charge on any atom is -0.462 e. The molecule has 0 fully saturated rings. The Kier molecular flexibility index (Phi) is 3.90. The van der Waals surface area contributed by atoms with Crippen LogP contribution >= 0.6 is 11.6 Å². The molecule has 0 aromatic heterocycles. The summed E-state index contributed by atoms with van der Waals surface area (Å²) < 4.78 is 26.8. The summed E-state index contributed by atoms with van der Waals surface area (Å²) in [6, 6.07) is 3.60. The van der Waals surface area contributed by atoms with Crippen LogP contribution in [-0.2, 0) is 14.8 Å². The molecular formula is C9H10ClNO4S. The number of primary sulfonamides is 1. The van der Waals surface area contributed by atoms with Gasteiger partial charge in [-0.05, 0) is 25.1 Å². The van der Waals surface area contributed by atoms with Crippen LogP contribution in [0.25, 0.3) is 0 Å². The lowest BCUT2D eigenvalue weighted by molar-refractivity contribution is 0.0526. The molecule has 1 rings (SSSR count). The van der Waals surface area contributed by atoms with Crippen molar-refractivity contribution in [1.29, 1.82) is 0 Å². The molecule has 0 aliphatic heterocycles. The average Bonchev–Trinajstić information content (AvgIpc) is 2.16. The number of carbonyl (C=O) groups is 1. The van der Waals surface area contributed by atoms with E-state index in [0.717, 1.165) is 6.07 Å². The Morgan fingerprint density at radius 2 is 2.12 bits per heavy atom. The highest BCUT2D eigenvalue weighted by molar-refractivity contribution is 7.89. The highest BCUT2D eigenvalue weighted by Crippen LogP contribution is 2.20. The monoisotopic (exact) mass is 263 g/mol.